The van der Waals surface area contributed by atoms with E-state index < -0.39 is 0 Å². The molecule has 1 atom stereocenters. The molecule has 0 radical (unpaired) electrons. The molecule has 0 spiro atoms. The predicted octanol–water partition coefficient (Wildman–Crippen LogP) is 3.70. The van der Waals surface area contributed by atoms with Crippen LogP contribution in [-0.2, 0) is 17.6 Å². The Morgan fingerprint density at radius 3 is 2.72 bits per heavy atom. The first kappa shape index (κ1) is 17.0. The van der Waals surface area contributed by atoms with Gasteiger partial charge in [0.2, 0.25) is 17.6 Å². The van der Waals surface area contributed by atoms with Crippen LogP contribution in [0.15, 0.2) is 51.6 Å². The van der Waals surface area contributed by atoms with Gasteiger partial charge in [-0.3, -0.25) is 4.79 Å². The van der Waals surface area contributed by atoms with E-state index in [0.717, 1.165) is 17.7 Å². The molecular formula is C19H21N3O3. The van der Waals surface area contributed by atoms with E-state index in [2.05, 4.69) is 34.5 Å². The summed E-state index contributed by atoms with van der Waals surface area (Å²) in [4.78, 5) is 16.4. The van der Waals surface area contributed by atoms with E-state index in [1.165, 1.54) is 5.56 Å². The maximum absolute atomic E-state index is 12.0. The Labute approximate surface area is 146 Å². The monoisotopic (exact) mass is 339 g/mol. The molecule has 1 N–H and O–H groups in total. The van der Waals surface area contributed by atoms with Gasteiger partial charge in [-0.15, -0.1) is 0 Å². The Balaban J connectivity index is 1.53. The van der Waals surface area contributed by atoms with Gasteiger partial charge in [-0.25, -0.2) is 0 Å². The Morgan fingerprint density at radius 1 is 1.24 bits per heavy atom. The predicted molar refractivity (Wildman–Crippen MR) is 92.7 cm³/mol. The summed E-state index contributed by atoms with van der Waals surface area (Å²) in [6.07, 6.45) is 3.26. The number of rotatable bonds is 7. The molecule has 0 aliphatic carbocycles. The largest absolute Gasteiger partial charge is 0.467 e. The minimum atomic E-state index is -0.169. The molecule has 0 saturated heterocycles. The zero-order valence-corrected chi connectivity index (χ0v) is 14.4. The fraction of sp³-hybridized carbons (Fsp3) is 0.316. The van der Waals surface area contributed by atoms with Gasteiger partial charge in [-0.2, -0.15) is 4.98 Å². The topological polar surface area (TPSA) is 81.2 Å². The molecule has 2 heterocycles. The smallest absolute Gasteiger partial charge is 0.227 e. The number of hydrogen-bond donors (Lipinski definition) is 1. The number of carbonyl (C=O) groups excluding carboxylic acids is 1. The van der Waals surface area contributed by atoms with Crippen LogP contribution in [-0.4, -0.2) is 16.0 Å². The average Bonchev–Trinajstić information content (AvgIpc) is 3.32. The van der Waals surface area contributed by atoms with Gasteiger partial charge in [0, 0.05) is 18.4 Å². The lowest BCUT2D eigenvalue weighted by Gasteiger charge is -2.10. The van der Waals surface area contributed by atoms with Crippen molar-refractivity contribution in [3.8, 4) is 11.4 Å². The van der Waals surface area contributed by atoms with E-state index >= 15 is 0 Å². The number of aryl methyl sites for hydroxylation is 2. The SMILES string of the molecule is CCc1ccc(-c2noc(CCC(=O)N[C@H](C)c3ccco3)n2)cc1. The van der Waals surface area contributed by atoms with Crippen molar-refractivity contribution in [2.24, 2.45) is 0 Å². The van der Waals surface area contributed by atoms with Gasteiger partial charge >= 0.3 is 0 Å². The molecule has 3 rings (SSSR count). The molecule has 1 aromatic carbocycles. The summed E-state index contributed by atoms with van der Waals surface area (Å²) < 4.78 is 10.5. The van der Waals surface area contributed by atoms with Crippen LogP contribution in [0.5, 0.6) is 0 Å². The highest BCUT2D eigenvalue weighted by Gasteiger charge is 2.14. The summed E-state index contributed by atoms with van der Waals surface area (Å²) >= 11 is 0. The summed E-state index contributed by atoms with van der Waals surface area (Å²) in [6.45, 7) is 3.99. The molecule has 0 aliphatic heterocycles. The van der Waals surface area contributed by atoms with Crippen LogP contribution in [0.25, 0.3) is 11.4 Å². The van der Waals surface area contributed by atoms with Crippen molar-refractivity contribution >= 4 is 5.91 Å². The fourth-order valence-corrected chi connectivity index (χ4v) is 2.51. The highest BCUT2D eigenvalue weighted by molar-refractivity contribution is 5.76. The molecular weight excluding hydrogens is 318 g/mol. The summed E-state index contributed by atoms with van der Waals surface area (Å²) in [6, 6.07) is 11.5. The molecule has 0 unspecified atom stereocenters. The van der Waals surface area contributed by atoms with Gasteiger partial charge < -0.3 is 14.3 Å². The lowest BCUT2D eigenvalue weighted by Crippen LogP contribution is -2.26. The van der Waals surface area contributed by atoms with E-state index in [1.807, 2.05) is 25.1 Å². The zero-order valence-electron chi connectivity index (χ0n) is 14.4. The number of amides is 1. The first-order valence-electron chi connectivity index (χ1n) is 8.40. The molecule has 6 nitrogen and oxygen atoms in total. The van der Waals surface area contributed by atoms with E-state index in [9.17, 15) is 4.79 Å². The summed E-state index contributed by atoms with van der Waals surface area (Å²) in [5.74, 6) is 1.64. The fourth-order valence-electron chi connectivity index (χ4n) is 2.51. The minimum Gasteiger partial charge on any atom is -0.467 e. The van der Waals surface area contributed by atoms with Crippen LogP contribution in [0.2, 0.25) is 0 Å². The van der Waals surface area contributed by atoms with Gasteiger partial charge in [0.15, 0.2) is 0 Å². The van der Waals surface area contributed by atoms with Crippen molar-refractivity contribution in [1.29, 1.82) is 0 Å². The summed E-state index contributed by atoms with van der Waals surface area (Å²) in [7, 11) is 0. The lowest BCUT2D eigenvalue weighted by atomic mass is 10.1. The maximum atomic E-state index is 12.0. The molecule has 1 amide bonds. The van der Waals surface area contributed by atoms with Crippen molar-refractivity contribution in [3.63, 3.8) is 0 Å². The molecule has 0 saturated carbocycles. The molecule has 25 heavy (non-hydrogen) atoms. The third-order valence-electron chi connectivity index (χ3n) is 4.00. The van der Waals surface area contributed by atoms with E-state index in [0.29, 0.717) is 18.1 Å². The van der Waals surface area contributed by atoms with Crippen LogP contribution in [0.4, 0.5) is 0 Å². The number of hydrogen-bond acceptors (Lipinski definition) is 5. The number of furan rings is 1. The standard InChI is InChI=1S/C19H21N3O3/c1-3-14-6-8-15(9-7-14)19-21-18(25-22-19)11-10-17(23)20-13(2)16-5-4-12-24-16/h4-9,12-13H,3,10-11H2,1-2H3,(H,20,23)/t13-/m1/s1. The molecule has 0 fully saturated rings. The molecule has 6 heteroatoms. The molecule has 0 aliphatic rings. The van der Waals surface area contributed by atoms with E-state index in [1.54, 1.807) is 12.3 Å². The second-order valence-electron chi connectivity index (χ2n) is 5.87. The second-order valence-corrected chi connectivity index (χ2v) is 5.87. The number of carbonyl (C=O) groups is 1. The Bertz CT molecular complexity index is 807. The van der Waals surface area contributed by atoms with Crippen molar-refractivity contribution < 1.29 is 13.7 Å². The van der Waals surface area contributed by atoms with Crippen LogP contribution < -0.4 is 5.32 Å². The van der Waals surface area contributed by atoms with Crippen molar-refractivity contribution in [1.82, 2.24) is 15.5 Å². The highest BCUT2D eigenvalue weighted by atomic mass is 16.5. The molecule has 130 valence electrons. The lowest BCUT2D eigenvalue weighted by molar-refractivity contribution is -0.121. The highest BCUT2D eigenvalue weighted by Crippen LogP contribution is 2.17. The maximum Gasteiger partial charge on any atom is 0.227 e. The van der Waals surface area contributed by atoms with Crippen LogP contribution in [0, 0.1) is 0 Å². The second kappa shape index (κ2) is 7.79. The number of benzene rings is 1. The molecule has 2 aromatic heterocycles. The van der Waals surface area contributed by atoms with E-state index in [-0.39, 0.29) is 18.4 Å². The van der Waals surface area contributed by atoms with Crippen molar-refractivity contribution in [2.75, 3.05) is 0 Å². The Hall–Kier alpha value is -2.89. The summed E-state index contributed by atoms with van der Waals surface area (Å²) in [5, 5.41) is 6.87. The van der Waals surface area contributed by atoms with Crippen molar-refractivity contribution in [2.45, 2.75) is 39.2 Å². The van der Waals surface area contributed by atoms with Gasteiger partial charge in [-0.05, 0) is 31.0 Å². The third kappa shape index (κ3) is 4.35. The number of nitrogens with zero attached hydrogens (tertiary/aromatic N) is 2. The third-order valence-corrected chi connectivity index (χ3v) is 4.00. The van der Waals surface area contributed by atoms with Crippen molar-refractivity contribution in [3.05, 3.63) is 59.9 Å². The van der Waals surface area contributed by atoms with Gasteiger partial charge in [0.05, 0.1) is 12.3 Å². The van der Waals surface area contributed by atoms with Gasteiger partial charge in [0.25, 0.3) is 0 Å². The number of aromatic nitrogens is 2. The van der Waals surface area contributed by atoms with E-state index in [4.69, 9.17) is 8.94 Å². The molecule has 3 aromatic rings. The first-order valence-corrected chi connectivity index (χ1v) is 8.40. The van der Waals surface area contributed by atoms with Crippen LogP contribution in [0.1, 0.15) is 43.5 Å². The molecule has 0 bridgehead atoms. The summed E-state index contributed by atoms with van der Waals surface area (Å²) in [5.41, 5.74) is 2.16. The number of nitrogens with one attached hydrogen (secondary N) is 1. The normalized spacial score (nSPS) is 12.1. The average molecular weight is 339 g/mol. The zero-order chi connectivity index (χ0) is 17.6. The van der Waals surface area contributed by atoms with Crippen LogP contribution >= 0.6 is 0 Å². The van der Waals surface area contributed by atoms with Gasteiger partial charge in [-0.1, -0.05) is 36.3 Å². The van der Waals surface area contributed by atoms with Crippen LogP contribution in [0.3, 0.4) is 0 Å². The first-order chi connectivity index (χ1) is 12.2. The minimum absolute atomic E-state index is 0.0871. The quantitative estimate of drug-likeness (QED) is 0.710. The van der Waals surface area contributed by atoms with Gasteiger partial charge in [0.1, 0.15) is 5.76 Å². The Kier molecular flexibility index (Phi) is 5.28. The Morgan fingerprint density at radius 2 is 2.04 bits per heavy atom.